The monoisotopic (exact) mass is 260 g/mol. The fourth-order valence-corrected chi connectivity index (χ4v) is 2.91. The zero-order valence-corrected chi connectivity index (χ0v) is 11.5. The molecular weight excluding hydrogens is 240 g/mol. The van der Waals surface area contributed by atoms with E-state index in [0.717, 1.165) is 43.0 Å². The van der Waals surface area contributed by atoms with Crippen molar-refractivity contribution < 1.29 is 0 Å². The normalized spacial score (nSPS) is 19.4. The molecule has 0 bridgehead atoms. The molecule has 1 N–H and O–H groups in total. The number of hydrogen-bond donors (Lipinski definition) is 1. The molecule has 2 aromatic heterocycles. The van der Waals surface area contributed by atoms with Gasteiger partial charge in [0.05, 0.1) is 5.69 Å². The third kappa shape index (κ3) is 1.98. The quantitative estimate of drug-likeness (QED) is 0.910. The average Bonchev–Trinajstić information content (AvgIpc) is 3.07. The molecule has 1 unspecified atom stereocenters. The Morgan fingerprint density at radius 3 is 2.89 bits per heavy atom. The number of aryl methyl sites for hydroxylation is 2. The number of fused-ring (bicyclic) bond motifs is 1. The Kier molecular flexibility index (Phi) is 3.14. The summed E-state index contributed by atoms with van der Waals surface area (Å²) in [5, 5.41) is 7.84. The van der Waals surface area contributed by atoms with Crippen molar-refractivity contribution in [1.82, 2.24) is 19.5 Å². The molecule has 0 aromatic carbocycles. The Hall–Kier alpha value is -1.62. The van der Waals surface area contributed by atoms with Gasteiger partial charge in [-0.05, 0) is 32.7 Å². The summed E-state index contributed by atoms with van der Waals surface area (Å²) in [6.45, 7) is 6.06. The van der Waals surface area contributed by atoms with E-state index in [2.05, 4.69) is 28.8 Å². The van der Waals surface area contributed by atoms with Gasteiger partial charge in [0.1, 0.15) is 5.65 Å². The summed E-state index contributed by atoms with van der Waals surface area (Å²) >= 11 is 0. The van der Waals surface area contributed by atoms with Crippen LogP contribution in [0.4, 0.5) is 0 Å². The van der Waals surface area contributed by atoms with Gasteiger partial charge in [0.15, 0.2) is 0 Å². The molecule has 0 radical (unpaired) electrons. The Morgan fingerprint density at radius 1 is 1.42 bits per heavy atom. The van der Waals surface area contributed by atoms with E-state index in [1.54, 1.807) is 6.07 Å². The van der Waals surface area contributed by atoms with Gasteiger partial charge in [-0.15, -0.1) is 0 Å². The highest BCUT2D eigenvalue weighted by atomic mass is 16.1. The van der Waals surface area contributed by atoms with Crippen molar-refractivity contribution in [2.45, 2.75) is 45.7 Å². The Balaban J connectivity index is 2.24. The highest BCUT2D eigenvalue weighted by molar-refractivity contribution is 5.42. The van der Waals surface area contributed by atoms with Crippen LogP contribution >= 0.6 is 0 Å². The van der Waals surface area contributed by atoms with Gasteiger partial charge >= 0.3 is 0 Å². The van der Waals surface area contributed by atoms with Gasteiger partial charge in [0, 0.05) is 30.4 Å². The first kappa shape index (κ1) is 12.4. The van der Waals surface area contributed by atoms with Crippen molar-refractivity contribution in [2.24, 2.45) is 0 Å². The van der Waals surface area contributed by atoms with Crippen LogP contribution < -0.4 is 10.9 Å². The lowest BCUT2D eigenvalue weighted by Gasteiger charge is -2.18. The van der Waals surface area contributed by atoms with Crippen LogP contribution in [0.1, 0.15) is 44.1 Å². The molecule has 1 fully saturated rings. The summed E-state index contributed by atoms with van der Waals surface area (Å²) in [6, 6.07) is 4.08. The number of aromatic nitrogens is 3. The van der Waals surface area contributed by atoms with Gasteiger partial charge in [0.25, 0.3) is 5.56 Å². The third-order valence-corrected chi connectivity index (χ3v) is 3.91. The molecule has 19 heavy (non-hydrogen) atoms. The largest absolute Gasteiger partial charge is 0.328 e. The van der Waals surface area contributed by atoms with Crippen molar-refractivity contribution in [3.05, 3.63) is 33.9 Å². The predicted molar refractivity (Wildman–Crippen MR) is 74.5 cm³/mol. The van der Waals surface area contributed by atoms with Gasteiger partial charge in [-0.25, -0.2) is 0 Å². The zero-order valence-electron chi connectivity index (χ0n) is 11.5. The van der Waals surface area contributed by atoms with Crippen LogP contribution in [0.2, 0.25) is 0 Å². The van der Waals surface area contributed by atoms with E-state index in [1.807, 2.05) is 6.07 Å². The highest BCUT2D eigenvalue weighted by Crippen LogP contribution is 2.23. The number of nitrogens with zero attached hydrogens (tertiary/aromatic N) is 3. The van der Waals surface area contributed by atoms with E-state index in [0.29, 0.717) is 6.04 Å². The van der Waals surface area contributed by atoms with E-state index in [9.17, 15) is 4.79 Å². The summed E-state index contributed by atoms with van der Waals surface area (Å²) in [5.74, 6) is 0. The molecule has 0 amide bonds. The smallest absolute Gasteiger partial charge is 0.274 e. The van der Waals surface area contributed by atoms with Gasteiger partial charge in [0.2, 0.25) is 0 Å². The molecule has 5 heteroatoms. The van der Waals surface area contributed by atoms with Crippen LogP contribution in [-0.2, 0) is 13.0 Å². The molecule has 3 heterocycles. The van der Waals surface area contributed by atoms with Gasteiger partial charge in [-0.3, -0.25) is 4.79 Å². The molecule has 2 aromatic rings. The number of hydrogen-bond acceptors (Lipinski definition) is 3. The van der Waals surface area contributed by atoms with E-state index >= 15 is 0 Å². The maximum absolute atomic E-state index is 12.2. The van der Waals surface area contributed by atoms with E-state index in [1.165, 1.54) is 10.9 Å². The Bertz CT molecular complexity index is 649. The first-order valence-electron chi connectivity index (χ1n) is 7.10. The van der Waals surface area contributed by atoms with Crippen LogP contribution in [-0.4, -0.2) is 20.7 Å². The van der Waals surface area contributed by atoms with Gasteiger partial charge in [-0.1, -0.05) is 6.92 Å². The number of rotatable bonds is 3. The molecule has 0 spiro atoms. The second-order valence-electron chi connectivity index (χ2n) is 5.06. The second-order valence-corrected chi connectivity index (χ2v) is 5.06. The first-order chi connectivity index (χ1) is 9.24. The molecule has 3 rings (SSSR count). The minimum Gasteiger partial charge on any atom is -0.328 e. The standard InChI is InChI=1S/C14H20N4O/c1-3-10-8-13-17(4-2)12(11-6-5-7-15-11)9-14(19)18(13)16-10/h8-9,11,15H,3-7H2,1-2H3. The molecule has 5 nitrogen and oxygen atoms in total. The average molecular weight is 260 g/mol. The Morgan fingerprint density at radius 2 is 2.26 bits per heavy atom. The molecule has 1 aliphatic heterocycles. The van der Waals surface area contributed by atoms with Crippen LogP contribution in [0.3, 0.4) is 0 Å². The molecular formula is C14H20N4O. The first-order valence-corrected chi connectivity index (χ1v) is 7.10. The maximum Gasteiger partial charge on any atom is 0.274 e. The maximum atomic E-state index is 12.2. The van der Waals surface area contributed by atoms with Gasteiger partial charge in [-0.2, -0.15) is 9.61 Å². The summed E-state index contributed by atoms with van der Waals surface area (Å²) < 4.78 is 3.73. The molecule has 102 valence electrons. The van der Waals surface area contributed by atoms with Crippen molar-refractivity contribution in [3.8, 4) is 0 Å². The lowest BCUT2D eigenvalue weighted by atomic mass is 10.1. The van der Waals surface area contributed by atoms with E-state index < -0.39 is 0 Å². The lowest BCUT2D eigenvalue weighted by molar-refractivity contribution is 0.567. The summed E-state index contributed by atoms with van der Waals surface area (Å²) in [5.41, 5.74) is 2.95. The summed E-state index contributed by atoms with van der Waals surface area (Å²) in [4.78, 5) is 12.2. The summed E-state index contributed by atoms with van der Waals surface area (Å²) in [6.07, 6.45) is 3.12. The van der Waals surface area contributed by atoms with Crippen LogP contribution in [0, 0.1) is 0 Å². The van der Waals surface area contributed by atoms with Crippen LogP contribution in [0.5, 0.6) is 0 Å². The lowest BCUT2D eigenvalue weighted by Crippen LogP contribution is -2.25. The second kappa shape index (κ2) is 4.81. The van der Waals surface area contributed by atoms with E-state index in [-0.39, 0.29) is 5.56 Å². The third-order valence-electron chi connectivity index (χ3n) is 3.91. The molecule has 1 aliphatic rings. The fraction of sp³-hybridized carbons (Fsp3) is 0.571. The highest BCUT2D eigenvalue weighted by Gasteiger charge is 2.21. The predicted octanol–water partition coefficient (Wildman–Crippen LogP) is 1.50. The van der Waals surface area contributed by atoms with Crippen LogP contribution in [0.15, 0.2) is 16.9 Å². The SMILES string of the molecule is CCc1cc2n(CC)c(C3CCCN3)cc(=O)n2n1. The molecule has 1 saturated heterocycles. The topological polar surface area (TPSA) is 51.3 Å². The van der Waals surface area contributed by atoms with Crippen molar-refractivity contribution >= 4 is 5.65 Å². The number of nitrogens with one attached hydrogen (secondary N) is 1. The van der Waals surface area contributed by atoms with Gasteiger partial charge < -0.3 is 9.88 Å². The zero-order chi connectivity index (χ0) is 13.4. The minimum atomic E-state index is -0.0249. The van der Waals surface area contributed by atoms with E-state index in [4.69, 9.17) is 0 Å². The molecule has 0 saturated carbocycles. The Labute approximate surface area is 112 Å². The molecule has 0 aliphatic carbocycles. The fourth-order valence-electron chi connectivity index (χ4n) is 2.91. The summed E-state index contributed by atoms with van der Waals surface area (Å²) in [7, 11) is 0. The van der Waals surface area contributed by atoms with Crippen LogP contribution in [0.25, 0.3) is 5.65 Å². The molecule has 1 atom stereocenters. The van der Waals surface area contributed by atoms with Crippen molar-refractivity contribution in [1.29, 1.82) is 0 Å². The minimum absolute atomic E-state index is 0.0249. The van der Waals surface area contributed by atoms with Crippen molar-refractivity contribution in [3.63, 3.8) is 0 Å². The van der Waals surface area contributed by atoms with Crippen molar-refractivity contribution in [2.75, 3.05) is 6.54 Å².